The summed E-state index contributed by atoms with van der Waals surface area (Å²) in [5.41, 5.74) is 1.16. The molecule has 3 rings (SSSR count). The Labute approximate surface area is 126 Å². The first-order valence-corrected chi connectivity index (χ1v) is 7.97. The maximum atomic E-state index is 5.93. The van der Waals surface area contributed by atoms with Crippen molar-refractivity contribution in [3.05, 3.63) is 47.7 Å². The van der Waals surface area contributed by atoms with E-state index < -0.39 is 0 Å². The highest BCUT2D eigenvalue weighted by Gasteiger charge is 2.22. The lowest BCUT2D eigenvalue weighted by Crippen LogP contribution is -2.22. The summed E-state index contributed by atoms with van der Waals surface area (Å²) in [6.45, 7) is 2.95. The van der Waals surface area contributed by atoms with Crippen molar-refractivity contribution < 1.29 is 4.42 Å². The van der Waals surface area contributed by atoms with E-state index in [1.807, 2.05) is 18.2 Å². The van der Waals surface area contributed by atoms with E-state index in [0.717, 1.165) is 30.3 Å². The number of benzene rings is 1. The molecule has 0 spiro atoms. The van der Waals surface area contributed by atoms with Crippen molar-refractivity contribution in [2.24, 2.45) is 5.92 Å². The van der Waals surface area contributed by atoms with Gasteiger partial charge in [-0.15, -0.1) is 10.2 Å². The lowest BCUT2D eigenvalue weighted by molar-refractivity contribution is 0.383. The van der Waals surface area contributed by atoms with Gasteiger partial charge in [0.2, 0.25) is 11.8 Å². The molecule has 1 aliphatic rings. The molecule has 0 bridgehead atoms. The molecule has 1 N–H and O–H groups in total. The van der Waals surface area contributed by atoms with Gasteiger partial charge in [0, 0.05) is 6.42 Å². The van der Waals surface area contributed by atoms with Gasteiger partial charge in [0.15, 0.2) is 0 Å². The topological polar surface area (TPSA) is 51.0 Å². The van der Waals surface area contributed by atoms with Crippen molar-refractivity contribution in [1.82, 2.24) is 15.5 Å². The Kier molecular flexibility index (Phi) is 4.65. The molecule has 1 aliphatic carbocycles. The third-order valence-corrected chi connectivity index (χ3v) is 4.21. The van der Waals surface area contributed by atoms with Crippen LogP contribution in [0.5, 0.6) is 0 Å². The van der Waals surface area contributed by atoms with E-state index in [1.165, 1.54) is 25.7 Å². The summed E-state index contributed by atoms with van der Waals surface area (Å²) in [7, 11) is 0. The molecule has 2 aromatic rings. The van der Waals surface area contributed by atoms with Crippen LogP contribution >= 0.6 is 0 Å². The summed E-state index contributed by atoms with van der Waals surface area (Å²) in [5.74, 6) is 2.19. The minimum Gasteiger partial charge on any atom is -0.423 e. The quantitative estimate of drug-likeness (QED) is 0.882. The number of nitrogens with zero attached hydrogens (tertiary/aromatic N) is 2. The van der Waals surface area contributed by atoms with Crippen LogP contribution < -0.4 is 5.32 Å². The monoisotopic (exact) mass is 285 g/mol. The summed E-state index contributed by atoms with van der Waals surface area (Å²) < 4.78 is 5.93. The molecule has 0 radical (unpaired) electrons. The average molecular weight is 285 g/mol. The van der Waals surface area contributed by atoms with Gasteiger partial charge in [-0.3, -0.25) is 0 Å². The maximum absolute atomic E-state index is 5.93. The molecule has 1 saturated carbocycles. The highest BCUT2D eigenvalue weighted by atomic mass is 16.4. The molecule has 0 saturated heterocycles. The summed E-state index contributed by atoms with van der Waals surface area (Å²) in [4.78, 5) is 0. The summed E-state index contributed by atoms with van der Waals surface area (Å²) in [6.07, 6.45) is 6.21. The summed E-state index contributed by atoms with van der Waals surface area (Å²) in [6, 6.07) is 10.3. The van der Waals surface area contributed by atoms with Crippen LogP contribution in [0.3, 0.4) is 0 Å². The summed E-state index contributed by atoms with van der Waals surface area (Å²) >= 11 is 0. The normalized spacial score (nSPS) is 17.2. The Morgan fingerprint density at radius 1 is 1.19 bits per heavy atom. The third-order valence-electron chi connectivity index (χ3n) is 4.21. The minimum absolute atomic E-state index is 0.0129. The fraction of sp³-hybridized carbons (Fsp3) is 0.529. The molecule has 0 aliphatic heterocycles. The van der Waals surface area contributed by atoms with E-state index in [2.05, 4.69) is 34.6 Å². The second kappa shape index (κ2) is 6.85. The Bertz CT molecular complexity index is 546. The van der Waals surface area contributed by atoms with Crippen LogP contribution in [0.1, 0.15) is 56.0 Å². The highest BCUT2D eigenvalue weighted by molar-refractivity contribution is 5.23. The fourth-order valence-corrected chi connectivity index (χ4v) is 3.12. The minimum atomic E-state index is -0.0129. The van der Waals surface area contributed by atoms with Crippen LogP contribution in [0.15, 0.2) is 34.7 Å². The van der Waals surface area contributed by atoms with E-state index in [4.69, 9.17) is 4.42 Å². The van der Waals surface area contributed by atoms with Crippen molar-refractivity contribution in [1.29, 1.82) is 0 Å². The molecule has 4 heteroatoms. The number of aromatic nitrogens is 2. The van der Waals surface area contributed by atoms with Crippen LogP contribution in [0, 0.1) is 5.92 Å². The predicted molar refractivity (Wildman–Crippen MR) is 81.9 cm³/mol. The average Bonchev–Trinajstić information content (AvgIpc) is 3.18. The molecular weight excluding hydrogens is 262 g/mol. The van der Waals surface area contributed by atoms with Crippen molar-refractivity contribution in [3.63, 3.8) is 0 Å². The van der Waals surface area contributed by atoms with Gasteiger partial charge in [0.1, 0.15) is 6.04 Å². The SMILES string of the molecule is CCNC(c1ccccc1)c1nnc(CC2CCCC2)o1. The van der Waals surface area contributed by atoms with E-state index >= 15 is 0 Å². The van der Waals surface area contributed by atoms with Crippen LogP contribution in [0.25, 0.3) is 0 Å². The van der Waals surface area contributed by atoms with Crippen LogP contribution in [-0.4, -0.2) is 16.7 Å². The van der Waals surface area contributed by atoms with E-state index in [1.54, 1.807) is 0 Å². The molecule has 1 aromatic carbocycles. The molecule has 21 heavy (non-hydrogen) atoms. The van der Waals surface area contributed by atoms with Crippen molar-refractivity contribution in [2.45, 2.75) is 45.1 Å². The van der Waals surface area contributed by atoms with Gasteiger partial charge in [0.05, 0.1) is 0 Å². The Morgan fingerprint density at radius 3 is 2.67 bits per heavy atom. The number of nitrogens with one attached hydrogen (secondary N) is 1. The van der Waals surface area contributed by atoms with Gasteiger partial charge < -0.3 is 9.73 Å². The number of hydrogen-bond donors (Lipinski definition) is 1. The van der Waals surface area contributed by atoms with Gasteiger partial charge >= 0.3 is 0 Å². The largest absolute Gasteiger partial charge is 0.423 e. The lowest BCUT2D eigenvalue weighted by Gasteiger charge is -2.14. The number of rotatable bonds is 6. The van der Waals surface area contributed by atoms with Crippen molar-refractivity contribution in [2.75, 3.05) is 6.54 Å². The lowest BCUT2D eigenvalue weighted by atomic mass is 10.0. The van der Waals surface area contributed by atoms with Crippen LogP contribution in [0.2, 0.25) is 0 Å². The van der Waals surface area contributed by atoms with Gasteiger partial charge in [-0.1, -0.05) is 50.1 Å². The van der Waals surface area contributed by atoms with Crippen LogP contribution in [-0.2, 0) is 6.42 Å². The summed E-state index contributed by atoms with van der Waals surface area (Å²) in [5, 5.41) is 12.0. The maximum Gasteiger partial charge on any atom is 0.237 e. The molecule has 112 valence electrons. The molecule has 1 atom stereocenters. The molecule has 1 heterocycles. The molecule has 1 aromatic heterocycles. The van der Waals surface area contributed by atoms with Gasteiger partial charge in [-0.25, -0.2) is 0 Å². The van der Waals surface area contributed by atoms with Crippen molar-refractivity contribution >= 4 is 0 Å². The fourth-order valence-electron chi connectivity index (χ4n) is 3.12. The zero-order chi connectivity index (χ0) is 14.5. The van der Waals surface area contributed by atoms with Gasteiger partial charge in [-0.2, -0.15) is 0 Å². The molecular formula is C17H23N3O. The second-order valence-electron chi connectivity index (χ2n) is 5.79. The van der Waals surface area contributed by atoms with Crippen LogP contribution in [0.4, 0.5) is 0 Å². The third kappa shape index (κ3) is 3.50. The molecule has 1 unspecified atom stereocenters. The predicted octanol–water partition coefficient (Wildman–Crippen LogP) is 3.50. The van der Waals surface area contributed by atoms with Crippen molar-refractivity contribution in [3.8, 4) is 0 Å². The van der Waals surface area contributed by atoms with Gasteiger partial charge in [-0.05, 0) is 30.9 Å². The second-order valence-corrected chi connectivity index (χ2v) is 5.79. The molecule has 0 amide bonds. The zero-order valence-corrected chi connectivity index (χ0v) is 12.6. The molecule has 4 nitrogen and oxygen atoms in total. The first kappa shape index (κ1) is 14.3. The van der Waals surface area contributed by atoms with E-state index in [0.29, 0.717) is 5.89 Å². The number of hydrogen-bond acceptors (Lipinski definition) is 4. The Morgan fingerprint density at radius 2 is 1.95 bits per heavy atom. The zero-order valence-electron chi connectivity index (χ0n) is 12.6. The first-order valence-electron chi connectivity index (χ1n) is 7.97. The molecule has 1 fully saturated rings. The Hall–Kier alpha value is -1.68. The smallest absolute Gasteiger partial charge is 0.237 e. The van der Waals surface area contributed by atoms with Gasteiger partial charge in [0.25, 0.3) is 0 Å². The standard InChI is InChI=1S/C17H23N3O/c1-2-18-16(14-10-4-3-5-11-14)17-20-19-15(21-17)12-13-8-6-7-9-13/h3-5,10-11,13,16,18H,2,6-9,12H2,1H3. The Balaban J connectivity index is 1.75. The van der Waals surface area contributed by atoms with E-state index in [9.17, 15) is 0 Å². The highest BCUT2D eigenvalue weighted by Crippen LogP contribution is 2.28. The first-order chi connectivity index (χ1) is 10.4. The van der Waals surface area contributed by atoms with E-state index in [-0.39, 0.29) is 6.04 Å².